The molecule has 1 aliphatic heterocycles. The lowest BCUT2D eigenvalue weighted by atomic mass is 9.75. The van der Waals surface area contributed by atoms with Crippen molar-refractivity contribution in [1.29, 1.82) is 0 Å². The van der Waals surface area contributed by atoms with Crippen LogP contribution in [0.4, 0.5) is 18.0 Å². The number of ketones is 1. The van der Waals surface area contributed by atoms with E-state index in [1.807, 2.05) is 0 Å². The third-order valence-corrected chi connectivity index (χ3v) is 5.06. The molecular weight excluding hydrogens is 379 g/mol. The van der Waals surface area contributed by atoms with Gasteiger partial charge in [-0.05, 0) is 44.4 Å². The SMILES string of the molecule is CCOC(=O)CC(=O)[C@H]1CCN(C(=O)O)[C@](C)(c2cccc(C(F)(F)F)c2)C1. The Balaban J connectivity index is 2.35. The van der Waals surface area contributed by atoms with Gasteiger partial charge in [0.25, 0.3) is 0 Å². The monoisotopic (exact) mass is 401 g/mol. The van der Waals surface area contributed by atoms with Gasteiger partial charge in [-0.15, -0.1) is 0 Å². The van der Waals surface area contributed by atoms with Crippen LogP contribution >= 0.6 is 0 Å². The van der Waals surface area contributed by atoms with Crippen LogP contribution in [0.1, 0.15) is 44.2 Å². The summed E-state index contributed by atoms with van der Waals surface area (Å²) in [6, 6.07) is 4.45. The van der Waals surface area contributed by atoms with Crippen LogP contribution in [0.3, 0.4) is 0 Å². The minimum Gasteiger partial charge on any atom is -0.466 e. The molecule has 0 bridgehead atoms. The van der Waals surface area contributed by atoms with Crippen LogP contribution in [0.2, 0.25) is 0 Å². The van der Waals surface area contributed by atoms with Gasteiger partial charge in [0.15, 0.2) is 0 Å². The first kappa shape index (κ1) is 21.7. The van der Waals surface area contributed by atoms with E-state index in [1.165, 1.54) is 19.1 Å². The van der Waals surface area contributed by atoms with Crippen LogP contribution in [0.15, 0.2) is 24.3 Å². The van der Waals surface area contributed by atoms with E-state index >= 15 is 0 Å². The lowest BCUT2D eigenvalue weighted by Crippen LogP contribution is -2.53. The highest BCUT2D eigenvalue weighted by molar-refractivity contribution is 5.97. The molecular formula is C19H22F3NO5. The summed E-state index contributed by atoms with van der Waals surface area (Å²) in [5, 5.41) is 9.55. The summed E-state index contributed by atoms with van der Waals surface area (Å²) in [7, 11) is 0. The minimum absolute atomic E-state index is 0.0150. The second kappa shape index (κ2) is 8.20. The number of carbonyl (C=O) groups excluding carboxylic acids is 2. The molecule has 1 aliphatic rings. The van der Waals surface area contributed by atoms with E-state index in [-0.39, 0.29) is 31.6 Å². The van der Waals surface area contributed by atoms with Gasteiger partial charge in [0.1, 0.15) is 12.2 Å². The second-order valence-corrected chi connectivity index (χ2v) is 6.92. The Morgan fingerprint density at radius 2 is 2.00 bits per heavy atom. The van der Waals surface area contributed by atoms with Gasteiger partial charge in [-0.25, -0.2) is 4.79 Å². The van der Waals surface area contributed by atoms with Crippen molar-refractivity contribution < 1.29 is 37.4 Å². The summed E-state index contributed by atoms with van der Waals surface area (Å²) >= 11 is 0. The van der Waals surface area contributed by atoms with Crippen molar-refractivity contribution in [3.63, 3.8) is 0 Å². The van der Waals surface area contributed by atoms with E-state index in [0.29, 0.717) is 0 Å². The number of carbonyl (C=O) groups is 3. The number of likely N-dealkylation sites (tertiary alicyclic amines) is 1. The van der Waals surface area contributed by atoms with Crippen molar-refractivity contribution in [3.8, 4) is 0 Å². The average molecular weight is 401 g/mol. The predicted molar refractivity (Wildman–Crippen MR) is 92.5 cm³/mol. The molecule has 1 N–H and O–H groups in total. The fourth-order valence-electron chi connectivity index (χ4n) is 3.61. The molecule has 0 radical (unpaired) electrons. The number of piperidine rings is 1. The highest BCUT2D eigenvalue weighted by Gasteiger charge is 2.45. The predicted octanol–water partition coefficient (Wildman–Crippen LogP) is 3.83. The number of rotatable bonds is 5. The summed E-state index contributed by atoms with van der Waals surface area (Å²) < 4.78 is 44.1. The van der Waals surface area contributed by atoms with Crippen molar-refractivity contribution in [1.82, 2.24) is 4.90 Å². The summed E-state index contributed by atoms with van der Waals surface area (Å²) in [6.45, 7) is 3.21. The number of benzene rings is 1. The number of Topliss-reactive ketones (excluding diaryl/α,β-unsaturated/α-hetero) is 1. The molecule has 0 aromatic heterocycles. The molecule has 1 aromatic carbocycles. The van der Waals surface area contributed by atoms with E-state index < -0.39 is 47.5 Å². The highest BCUT2D eigenvalue weighted by atomic mass is 19.4. The van der Waals surface area contributed by atoms with Crippen molar-refractivity contribution in [3.05, 3.63) is 35.4 Å². The molecule has 0 spiro atoms. The van der Waals surface area contributed by atoms with Crippen LogP contribution < -0.4 is 0 Å². The van der Waals surface area contributed by atoms with E-state index in [4.69, 9.17) is 4.74 Å². The maximum atomic E-state index is 13.1. The molecule has 2 atom stereocenters. The molecule has 0 saturated carbocycles. The molecule has 0 unspecified atom stereocenters. The number of hydrogen-bond donors (Lipinski definition) is 1. The Bertz CT molecular complexity index is 764. The Labute approximate surface area is 160 Å². The van der Waals surface area contributed by atoms with E-state index in [2.05, 4.69) is 0 Å². The Morgan fingerprint density at radius 3 is 2.57 bits per heavy atom. The van der Waals surface area contributed by atoms with Gasteiger partial charge in [0.05, 0.1) is 17.7 Å². The van der Waals surface area contributed by atoms with Crippen LogP contribution in [-0.4, -0.2) is 41.0 Å². The zero-order chi connectivity index (χ0) is 21.1. The maximum absolute atomic E-state index is 13.1. The smallest absolute Gasteiger partial charge is 0.416 e. The number of nitrogens with zero attached hydrogens (tertiary/aromatic N) is 1. The zero-order valence-electron chi connectivity index (χ0n) is 15.6. The van der Waals surface area contributed by atoms with Gasteiger partial charge in [0, 0.05) is 12.5 Å². The number of ether oxygens (including phenoxy) is 1. The molecule has 1 amide bonds. The Kier molecular flexibility index (Phi) is 6.36. The number of halogens is 3. The van der Waals surface area contributed by atoms with Gasteiger partial charge in [-0.2, -0.15) is 13.2 Å². The van der Waals surface area contributed by atoms with E-state index in [0.717, 1.165) is 17.0 Å². The van der Waals surface area contributed by atoms with E-state index in [9.17, 15) is 32.7 Å². The number of alkyl halides is 3. The van der Waals surface area contributed by atoms with E-state index in [1.54, 1.807) is 6.92 Å². The molecule has 9 heteroatoms. The molecule has 2 rings (SSSR count). The number of amides is 1. The van der Waals surface area contributed by atoms with Crippen LogP contribution in [-0.2, 0) is 26.0 Å². The van der Waals surface area contributed by atoms with Crippen LogP contribution in [0.5, 0.6) is 0 Å². The van der Waals surface area contributed by atoms with Gasteiger partial charge in [0.2, 0.25) is 0 Å². The summed E-state index contributed by atoms with van der Waals surface area (Å²) in [6.07, 6.45) is -6.12. The van der Waals surface area contributed by atoms with Crippen molar-refractivity contribution in [2.24, 2.45) is 5.92 Å². The van der Waals surface area contributed by atoms with Crippen LogP contribution in [0.25, 0.3) is 0 Å². The summed E-state index contributed by atoms with van der Waals surface area (Å²) in [5.74, 6) is -1.73. The van der Waals surface area contributed by atoms with Gasteiger partial charge in [-0.3, -0.25) is 14.5 Å². The topological polar surface area (TPSA) is 83.9 Å². The third-order valence-electron chi connectivity index (χ3n) is 5.06. The molecule has 28 heavy (non-hydrogen) atoms. The number of hydrogen-bond acceptors (Lipinski definition) is 4. The largest absolute Gasteiger partial charge is 0.466 e. The van der Waals surface area contributed by atoms with Crippen LogP contribution in [0, 0.1) is 5.92 Å². The fourth-order valence-corrected chi connectivity index (χ4v) is 3.61. The summed E-state index contributed by atoms with van der Waals surface area (Å²) in [4.78, 5) is 36.8. The maximum Gasteiger partial charge on any atom is 0.416 e. The lowest BCUT2D eigenvalue weighted by molar-refractivity contribution is -0.147. The molecule has 6 nitrogen and oxygen atoms in total. The number of carboxylic acid groups (broad SMARTS) is 1. The molecule has 154 valence electrons. The summed E-state index contributed by atoms with van der Waals surface area (Å²) in [5.41, 5.74) is -2.07. The van der Waals surface area contributed by atoms with Gasteiger partial charge < -0.3 is 9.84 Å². The Hall–Kier alpha value is -2.58. The molecule has 1 heterocycles. The fraction of sp³-hybridized carbons (Fsp3) is 0.526. The first-order valence-electron chi connectivity index (χ1n) is 8.85. The van der Waals surface area contributed by atoms with Gasteiger partial charge in [-0.1, -0.05) is 12.1 Å². The number of esters is 1. The lowest BCUT2D eigenvalue weighted by Gasteiger charge is -2.46. The zero-order valence-corrected chi connectivity index (χ0v) is 15.6. The second-order valence-electron chi connectivity index (χ2n) is 6.92. The molecule has 0 aliphatic carbocycles. The Morgan fingerprint density at radius 1 is 1.32 bits per heavy atom. The first-order chi connectivity index (χ1) is 13.0. The standard InChI is InChI=1S/C19H22F3NO5/c1-3-28-16(25)10-15(24)12-7-8-23(17(26)27)18(2,11-12)13-5-4-6-14(9-13)19(20,21)22/h4-6,9,12H,3,7-8,10-11H2,1-2H3,(H,26,27)/t12-,18-/m0/s1. The first-order valence-corrected chi connectivity index (χ1v) is 8.85. The minimum atomic E-state index is -4.58. The normalized spacial score (nSPS) is 22.6. The van der Waals surface area contributed by atoms with Crippen molar-refractivity contribution in [2.75, 3.05) is 13.2 Å². The van der Waals surface area contributed by atoms with Crippen molar-refractivity contribution in [2.45, 2.75) is 44.8 Å². The molecule has 1 saturated heterocycles. The molecule has 1 fully saturated rings. The quantitative estimate of drug-likeness (QED) is 0.599. The van der Waals surface area contributed by atoms with Crippen molar-refractivity contribution >= 4 is 17.8 Å². The van der Waals surface area contributed by atoms with Gasteiger partial charge >= 0.3 is 18.2 Å². The highest BCUT2D eigenvalue weighted by Crippen LogP contribution is 2.42. The average Bonchev–Trinajstić information content (AvgIpc) is 2.60. The third kappa shape index (κ3) is 4.63. The molecule has 1 aromatic rings.